The highest BCUT2D eigenvalue weighted by Gasteiger charge is 2.12. The minimum atomic E-state index is 0.00992. The number of nitrogens with one attached hydrogen (secondary N) is 1. The van der Waals surface area contributed by atoms with Crippen LogP contribution in [0.4, 0.5) is 0 Å². The molecule has 2 aromatic carbocycles. The van der Waals surface area contributed by atoms with Crippen LogP contribution in [-0.2, 0) is 0 Å². The summed E-state index contributed by atoms with van der Waals surface area (Å²) in [6.45, 7) is 2.10. The third-order valence-electron chi connectivity index (χ3n) is 3.26. The quantitative estimate of drug-likeness (QED) is 0.860. The number of hydrogen-bond donors (Lipinski definition) is 1. The molecule has 2 nitrogen and oxygen atoms in total. The van der Waals surface area contributed by atoms with Gasteiger partial charge in [-0.3, -0.25) is 4.79 Å². The van der Waals surface area contributed by atoms with Gasteiger partial charge in [-0.25, -0.2) is 0 Å². The summed E-state index contributed by atoms with van der Waals surface area (Å²) in [7, 11) is 0. The Balaban J connectivity index is 2.20. The standard InChI is InChI=1S/C16H18BrNOS/c1-3-15(10-20-2)18-16(19)13-5-4-12-9-14(17)7-6-11(12)8-13/h4-9,15H,3,10H2,1-2H3,(H,18,19). The van der Waals surface area contributed by atoms with Gasteiger partial charge >= 0.3 is 0 Å². The lowest BCUT2D eigenvalue weighted by Gasteiger charge is -2.15. The van der Waals surface area contributed by atoms with E-state index in [1.165, 1.54) is 0 Å². The van der Waals surface area contributed by atoms with Gasteiger partial charge in [-0.1, -0.05) is 35.0 Å². The Morgan fingerprint density at radius 1 is 1.25 bits per heavy atom. The van der Waals surface area contributed by atoms with Crippen molar-refractivity contribution < 1.29 is 4.79 Å². The Morgan fingerprint density at radius 2 is 1.95 bits per heavy atom. The van der Waals surface area contributed by atoms with E-state index in [9.17, 15) is 4.79 Å². The molecule has 0 saturated carbocycles. The fourth-order valence-corrected chi connectivity index (χ4v) is 3.19. The zero-order valence-corrected chi connectivity index (χ0v) is 14.1. The predicted octanol–water partition coefficient (Wildman–Crippen LogP) is 4.47. The number of carbonyl (C=O) groups is 1. The highest BCUT2D eigenvalue weighted by Crippen LogP contribution is 2.21. The van der Waals surface area contributed by atoms with Crippen LogP contribution in [0.3, 0.4) is 0 Å². The van der Waals surface area contributed by atoms with E-state index in [2.05, 4.69) is 40.5 Å². The highest BCUT2D eigenvalue weighted by molar-refractivity contribution is 9.10. The second-order valence-corrected chi connectivity index (χ2v) is 6.57. The molecular formula is C16H18BrNOS. The van der Waals surface area contributed by atoms with Crippen molar-refractivity contribution >= 4 is 44.4 Å². The van der Waals surface area contributed by atoms with Crippen molar-refractivity contribution in [2.24, 2.45) is 0 Å². The molecule has 4 heteroatoms. The Labute approximate surface area is 132 Å². The van der Waals surface area contributed by atoms with Gasteiger partial charge in [0, 0.05) is 21.8 Å². The average Bonchev–Trinajstić information content (AvgIpc) is 2.46. The number of amides is 1. The van der Waals surface area contributed by atoms with E-state index >= 15 is 0 Å². The van der Waals surface area contributed by atoms with Gasteiger partial charge in [0.25, 0.3) is 5.91 Å². The molecule has 0 aliphatic carbocycles. The van der Waals surface area contributed by atoms with Crippen LogP contribution in [0, 0.1) is 0 Å². The molecule has 1 N–H and O–H groups in total. The van der Waals surface area contributed by atoms with Gasteiger partial charge in [-0.2, -0.15) is 11.8 Å². The number of thioether (sulfide) groups is 1. The highest BCUT2D eigenvalue weighted by atomic mass is 79.9. The van der Waals surface area contributed by atoms with Crippen LogP contribution < -0.4 is 5.32 Å². The summed E-state index contributed by atoms with van der Waals surface area (Å²) < 4.78 is 1.05. The Morgan fingerprint density at radius 3 is 2.65 bits per heavy atom. The van der Waals surface area contributed by atoms with Crippen molar-refractivity contribution in [3.63, 3.8) is 0 Å². The molecular weight excluding hydrogens is 334 g/mol. The van der Waals surface area contributed by atoms with Gasteiger partial charge in [0.1, 0.15) is 0 Å². The minimum absolute atomic E-state index is 0.00992. The summed E-state index contributed by atoms with van der Waals surface area (Å²) >= 11 is 5.21. The summed E-state index contributed by atoms with van der Waals surface area (Å²) in [5.74, 6) is 0.957. The predicted molar refractivity (Wildman–Crippen MR) is 91.6 cm³/mol. The zero-order valence-electron chi connectivity index (χ0n) is 11.7. The van der Waals surface area contributed by atoms with E-state index in [1.807, 2.05) is 30.3 Å². The molecule has 0 fully saturated rings. The lowest BCUT2D eigenvalue weighted by Crippen LogP contribution is -2.36. The van der Waals surface area contributed by atoms with Crippen LogP contribution in [0.15, 0.2) is 40.9 Å². The number of rotatable bonds is 5. The van der Waals surface area contributed by atoms with Gasteiger partial charge in [0.15, 0.2) is 0 Å². The van der Waals surface area contributed by atoms with Gasteiger partial charge in [-0.05, 0) is 47.7 Å². The number of fused-ring (bicyclic) bond motifs is 1. The fourth-order valence-electron chi connectivity index (χ4n) is 2.09. The molecule has 0 spiro atoms. The topological polar surface area (TPSA) is 29.1 Å². The van der Waals surface area contributed by atoms with Crippen LogP contribution >= 0.6 is 27.7 Å². The van der Waals surface area contributed by atoms with E-state index in [1.54, 1.807) is 11.8 Å². The van der Waals surface area contributed by atoms with Crippen molar-refractivity contribution in [2.75, 3.05) is 12.0 Å². The molecule has 1 amide bonds. The monoisotopic (exact) mass is 351 g/mol. The van der Waals surface area contributed by atoms with Crippen molar-refractivity contribution in [3.05, 3.63) is 46.4 Å². The normalized spacial score (nSPS) is 12.3. The molecule has 0 bridgehead atoms. The molecule has 0 heterocycles. The zero-order chi connectivity index (χ0) is 14.5. The first kappa shape index (κ1) is 15.4. The summed E-state index contributed by atoms with van der Waals surface area (Å²) in [5, 5.41) is 5.30. The summed E-state index contributed by atoms with van der Waals surface area (Å²) in [6.07, 6.45) is 3.01. The molecule has 0 aromatic heterocycles. The lowest BCUT2D eigenvalue weighted by atomic mass is 10.1. The molecule has 0 saturated heterocycles. The van der Waals surface area contributed by atoms with E-state index in [0.717, 1.165) is 33.0 Å². The van der Waals surface area contributed by atoms with Crippen molar-refractivity contribution in [3.8, 4) is 0 Å². The maximum atomic E-state index is 12.3. The van der Waals surface area contributed by atoms with Gasteiger partial charge in [0.05, 0.1) is 0 Å². The first-order valence-electron chi connectivity index (χ1n) is 6.63. The molecule has 0 aliphatic heterocycles. The van der Waals surface area contributed by atoms with Gasteiger partial charge in [0.2, 0.25) is 0 Å². The van der Waals surface area contributed by atoms with E-state index < -0.39 is 0 Å². The summed E-state index contributed by atoms with van der Waals surface area (Å²) in [5.41, 5.74) is 0.722. The van der Waals surface area contributed by atoms with Gasteiger partial charge < -0.3 is 5.32 Å². The van der Waals surface area contributed by atoms with E-state index in [4.69, 9.17) is 0 Å². The van der Waals surface area contributed by atoms with Crippen LogP contribution in [0.2, 0.25) is 0 Å². The van der Waals surface area contributed by atoms with Crippen LogP contribution in [-0.4, -0.2) is 24.0 Å². The molecule has 0 aliphatic rings. The largest absolute Gasteiger partial charge is 0.348 e. The lowest BCUT2D eigenvalue weighted by molar-refractivity contribution is 0.0940. The van der Waals surface area contributed by atoms with Crippen molar-refractivity contribution in [2.45, 2.75) is 19.4 Å². The molecule has 2 rings (SSSR count). The minimum Gasteiger partial charge on any atom is -0.348 e. The number of carbonyl (C=O) groups excluding carboxylic acids is 1. The second kappa shape index (κ2) is 7.14. The maximum absolute atomic E-state index is 12.3. The van der Waals surface area contributed by atoms with E-state index in [-0.39, 0.29) is 11.9 Å². The summed E-state index contributed by atoms with van der Waals surface area (Å²) in [6, 6.07) is 12.1. The Kier molecular flexibility index (Phi) is 5.49. The van der Waals surface area contributed by atoms with Crippen molar-refractivity contribution in [1.29, 1.82) is 0 Å². The Bertz CT molecular complexity index is 614. The third-order valence-corrected chi connectivity index (χ3v) is 4.49. The summed E-state index contributed by atoms with van der Waals surface area (Å²) in [4.78, 5) is 12.3. The molecule has 20 heavy (non-hydrogen) atoms. The molecule has 2 aromatic rings. The van der Waals surface area contributed by atoms with Crippen LogP contribution in [0.1, 0.15) is 23.7 Å². The fraction of sp³-hybridized carbons (Fsp3) is 0.312. The van der Waals surface area contributed by atoms with E-state index in [0.29, 0.717) is 0 Å². The smallest absolute Gasteiger partial charge is 0.251 e. The maximum Gasteiger partial charge on any atom is 0.251 e. The van der Waals surface area contributed by atoms with Crippen LogP contribution in [0.5, 0.6) is 0 Å². The SMILES string of the molecule is CCC(CSC)NC(=O)c1ccc2cc(Br)ccc2c1. The molecule has 0 radical (unpaired) electrons. The number of benzene rings is 2. The van der Waals surface area contributed by atoms with Crippen molar-refractivity contribution in [1.82, 2.24) is 5.32 Å². The molecule has 1 unspecified atom stereocenters. The first-order chi connectivity index (χ1) is 9.63. The van der Waals surface area contributed by atoms with Gasteiger partial charge in [-0.15, -0.1) is 0 Å². The average molecular weight is 352 g/mol. The molecule has 106 valence electrons. The Hall–Kier alpha value is -1.00. The number of hydrogen-bond acceptors (Lipinski definition) is 2. The molecule has 1 atom stereocenters. The second-order valence-electron chi connectivity index (χ2n) is 4.74. The van der Waals surface area contributed by atoms with Crippen LogP contribution in [0.25, 0.3) is 10.8 Å². The number of halogens is 1. The third kappa shape index (κ3) is 3.76. The first-order valence-corrected chi connectivity index (χ1v) is 8.82.